The molecule has 1 amide bonds. The van der Waals surface area contributed by atoms with Crippen molar-refractivity contribution in [3.05, 3.63) is 85.1 Å². The Bertz CT molecular complexity index is 2150. The summed E-state index contributed by atoms with van der Waals surface area (Å²) in [6.45, 7) is 1.65. The van der Waals surface area contributed by atoms with Crippen molar-refractivity contribution >= 4 is 5.91 Å². The van der Waals surface area contributed by atoms with Crippen molar-refractivity contribution in [1.82, 2.24) is 5.32 Å². The van der Waals surface area contributed by atoms with Crippen LogP contribution in [0.25, 0.3) is 0 Å². The summed E-state index contributed by atoms with van der Waals surface area (Å²) in [6, 6.07) is -0.976. The topological polar surface area (TPSA) is 307 Å². The maximum Gasteiger partial charge on any atom is 0.220 e. The Morgan fingerprint density at radius 1 is 0.366 bits per heavy atom. The average molecular weight is 1430 g/mol. The van der Waals surface area contributed by atoms with E-state index in [2.05, 4.69) is 92.1 Å². The summed E-state index contributed by atoms with van der Waals surface area (Å²) >= 11 is 0. The fourth-order valence-electron chi connectivity index (χ4n) is 13.3. The number of hydrogen-bond donors (Lipinski definition) is 12. The molecule has 101 heavy (non-hydrogen) atoms. The zero-order valence-corrected chi connectivity index (χ0v) is 62.6. The second-order valence-electron chi connectivity index (χ2n) is 28.5. The third-order valence-corrected chi connectivity index (χ3v) is 19.7. The summed E-state index contributed by atoms with van der Waals surface area (Å²) in [5.74, 6) is -0.273. The lowest BCUT2D eigenvalue weighted by molar-refractivity contribution is -0.379. The number of hydrogen-bond acceptors (Lipinski definition) is 18. The third-order valence-electron chi connectivity index (χ3n) is 19.7. The van der Waals surface area contributed by atoms with Crippen molar-refractivity contribution in [2.24, 2.45) is 0 Å². The Balaban J connectivity index is 1.33. The molecule has 0 spiro atoms. The molecular weight excluding hydrogens is 1290 g/mol. The van der Waals surface area contributed by atoms with Crippen molar-refractivity contribution in [2.45, 2.75) is 401 Å². The lowest BCUT2D eigenvalue weighted by Gasteiger charge is -2.48. The molecule has 19 heteroatoms. The first-order valence-electron chi connectivity index (χ1n) is 40.3. The molecule has 3 heterocycles. The number of rotatable bonds is 63. The summed E-state index contributed by atoms with van der Waals surface area (Å²) < 4.78 is 34.4. The number of unbranched alkanes of at least 4 members (excludes halogenated alkanes) is 35. The molecule has 0 aromatic heterocycles. The number of aliphatic hydroxyl groups excluding tert-OH is 11. The van der Waals surface area contributed by atoms with Gasteiger partial charge in [0.15, 0.2) is 18.9 Å². The predicted molar refractivity (Wildman–Crippen MR) is 401 cm³/mol. The first-order valence-corrected chi connectivity index (χ1v) is 40.3. The fourth-order valence-corrected chi connectivity index (χ4v) is 13.3. The Kier molecular flexibility index (Phi) is 56.6. The van der Waals surface area contributed by atoms with E-state index in [1.807, 2.05) is 6.08 Å². The van der Waals surface area contributed by atoms with Crippen LogP contribution in [0.2, 0.25) is 0 Å². The van der Waals surface area contributed by atoms with E-state index in [0.717, 1.165) is 83.5 Å². The smallest absolute Gasteiger partial charge is 0.220 e. The Morgan fingerprint density at radius 2 is 0.683 bits per heavy atom. The fraction of sp³-hybridized carbons (Fsp3) is 0.817. The molecule has 3 aliphatic heterocycles. The average Bonchev–Trinajstić information content (AvgIpc) is 0.789. The van der Waals surface area contributed by atoms with Crippen molar-refractivity contribution in [3.8, 4) is 0 Å². The van der Waals surface area contributed by atoms with Crippen LogP contribution in [0, 0.1) is 0 Å². The van der Waals surface area contributed by atoms with Gasteiger partial charge >= 0.3 is 0 Å². The van der Waals surface area contributed by atoms with Crippen LogP contribution in [0.1, 0.15) is 296 Å². The molecule has 3 saturated heterocycles. The van der Waals surface area contributed by atoms with Crippen LogP contribution >= 0.6 is 0 Å². The van der Waals surface area contributed by atoms with Gasteiger partial charge in [0, 0.05) is 6.42 Å². The Morgan fingerprint density at radius 3 is 1.07 bits per heavy atom. The van der Waals surface area contributed by atoms with E-state index in [0.29, 0.717) is 6.42 Å². The quantitative estimate of drug-likeness (QED) is 0.0199. The highest BCUT2D eigenvalue weighted by Gasteiger charge is 2.54. The maximum absolute atomic E-state index is 13.5. The van der Waals surface area contributed by atoms with E-state index < -0.39 is 124 Å². The van der Waals surface area contributed by atoms with Gasteiger partial charge in [-0.15, -0.1) is 0 Å². The van der Waals surface area contributed by atoms with Crippen molar-refractivity contribution in [1.29, 1.82) is 0 Å². The summed E-state index contributed by atoms with van der Waals surface area (Å²) in [5.41, 5.74) is 0. The van der Waals surface area contributed by atoms with Gasteiger partial charge in [0.1, 0.15) is 73.2 Å². The van der Waals surface area contributed by atoms with E-state index in [1.54, 1.807) is 6.08 Å². The zero-order chi connectivity index (χ0) is 73.2. The maximum atomic E-state index is 13.5. The van der Waals surface area contributed by atoms with Crippen molar-refractivity contribution in [2.75, 3.05) is 26.4 Å². The van der Waals surface area contributed by atoms with Gasteiger partial charge in [-0.1, -0.05) is 304 Å². The third kappa shape index (κ3) is 42.2. The first kappa shape index (κ1) is 92.2. The minimum absolute atomic E-state index is 0.242. The normalized spacial score (nSPS) is 26.8. The van der Waals surface area contributed by atoms with Crippen molar-refractivity contribution < 1.29 is 89.4 Å². The molecule has 0 aromatic carbocycles. The standard InChI is InChI=1S/C82H145NO18/c1-3-5-7-9-11-13-15-17-19-21-23-24-25-26-27-28-29-30-31-32-33-34-35-36-37-38-39-40-42-44-46-48-50-52-54-56-58-60-70(88)83-65(66(87)59-57-55-53-51-49-47-45-43-41-22-20-18-16-14-12-10-8-6-4-2)64-96-80-76(94)73(91)78(68(62-85)98-80)101-82-77(95)74(92)79(69(63-86)99-82)100-81-75(93)72(90)71(89)67(61-84)97-81/h5,7,11,13,17,19,23-24,26-27,29-30,57,59,65-69,71-82,84-87,89-95H,3-4,6,8-10,12,14-16,18,20-22,25,28,31-56,58,60-64H2,1-2H3,(H,83,88)/b7-5-,13-11-,19-17-,24-23-,27-26-,30-29-,59-57+. The Labute approximate surface area is 610 Å². The molecule has 586 valence electrons. The molecular formula is C82H145NO18. The minimum atomic E-state index is -1.98. The second kappa shape index (κ2) is 62.1. The summed E-state index contributed by atoms with van der Waals surface area (Å²) in [4.78, 5) is 13.5. The highest BCUT2D eigenvalue weighted by Crippen LogP contribution is 2.33. The van der Waals surface area contributed by atoms with Gasteiger partial charge in [-0.3, -0.25) is 4.79 Å². The molecule has 17 unspecified atom stereocenters. The first-order chi connectivity index (χ1) is 49.3. The second-order valence-corrected chi connectivity index (χ2v) is 28.5. The highest BCUT2D eigenvalue weighted by molar-refractivity contribution is 5.76. The molecule has 0 aliphatic carbocycles. The number of aliphatic hydroxyl groups is 11. The van der Waals surface area contributed by atoms with Crippen LogP contribution < -0.4 is 5.32 Å². The molecule has 0 aromatic rings. The van der Waals surface area contributed by atoms with Gasteiger partial charge in [-0.25, -0.2) is 0 Å². The molecule has 3 fully saturated rings. The lowest BCUT2D eigenvalue weighted by Crippen LogP contribution is -2.66. The largest absolute Gasteiger partial charge is 0.394 e. The number of ether oxygens (including phenoxy) is 6. The summed E-state index contributed by atoms with van der Waals surface area (Å²) in [5, 5.41) is 121. The monoisotopic (exact) mass is 1430 g/mol. The van der Waals surface area contributed by atoms with E-state index in [1.165, 1.54) is 186 Å². The van der Waals surface area contributed by atoms with Crippen LogP contribution in [-0.4, -0.2) is 193 Å². The summed E-state index contributed by atoms with van der Waals surface area (Å²) in [6.07, 6.45) is 55.7. The number of allylic oxidation sites excluding steroid dienone is 13. The van der Waals surface area contributed by atoms with Gasteiger partial charge in [0.2, 0.25) is 5.91 Å². The molecule has 3 aliphatic rings. The molecule has 0 saturated carbocycles. The lowest BCUT2D eigenvalue weighted by atomic mass is 9.96. The number of carbonyl (C=O) groups is 1. The van der Waals surface area contributed by atoms with E-state index in [4.69, 9.17) is 28.4 Å². The Hall–Kier alpha value is -3.03. The van der Waals surface area contributed by atoms with Crippen LogP contribution in [0.3, 0.4) is 0 Å². The molecule has 3 rings (SSSR count). The predicted octanol–water partition coefficient (Wildman–Crippen LogP) is 13.4. The van der Waals surface area contributed by atoms with Gasteiger partial charge in [-0.2, -0.15) is 0 Å². The van der Waals surface area contributed by atoms with Gasteiger partial charge in [0.05, 0.1) is 38.6 Å². The zero-order valence-electron chi connectivity index (χ0n) is 62.6. The van der Waals surface area contributed by atoms with E-state index in [9.17, 15) is 61.0 Å². The van der Waals surface area contributed by atoms with Crippen molar-refractivity contribution in [3.63, 3.8) is 0 Å². The number of carbonyl (C=O) groups excluding carboxylic acids is 1. The van der Waals surface area contributed by atoms with Crippen LogP contribution in [-0.2, 0) is 33.2 Å². The molecule has 0 radical (unpaired) electrons. The molecule has 17 atom stereocenters. The number of amides is 1. The summed E-state index contributed by atoms with van der Waals surface area (Å²) in [7, 11) is 0. The van der Waals surface area contributed by atoms with Crippen LogP contribution in [0.15, 0.2) is 85.1 Å². The van der Waals surface area contributed by atoms with Crippen LogP contribution in [0.5, 0.6) is 0 Å². The number of nitrogens with one attached hydrogen (secondary N) is 1. The SMILES string of the molecule is CC/C=C\C/C=C\C/C=C\C/C=C\C/C=C\C/C=C\CCCCCCCCCCCCCCCCCCCCC(=O)NC(COC1OC(CO)C(OC2OC(CO)C(OC3OC(CO)C(O)C(O)C3O)C(O)C2O)C(O)C1O)C(O)/C=C/CCCCCCCCCCCCCCCCCCC. The van der Waals surface area contributed by atoms with Gasteiger partial charge in [0.25, 0.3) is 0 Å². The highest BCUT2D eigenvalue weighted by atomic mass is 16.8. The molecule has 19 nitrogen and oxygen atoms in total. The van der Waals surface area contributed by atoms with E-state index >= 15 is 0 Å². The molecule has 0 bridgehead atoms. The van der Waals surface area contributed by atoms with E-state index in [-0.39, 0.29) is 18.9 Å². The van der Waals surface area contributed by atoms with Gasteiger partial charge in [-0.05, 0) is 70.6 Å². The minimum Gasteiger partial charge on any atom is -0.394 e. The van der Waals surface area contributed by atoms with Crippen LogP contribution in [0.4, 0.5) is 0 Å². The molecule has 12 N–H and O–H groups in total. The van der Waals surface area contributed by atoms with Gasteiger partial charge < -0.3 is 89.9 Å².